The van der Waals surface area contributed by atoms with E-state index in [4.69, 9.17) is 4.74 Å². The molecule has 17 heteroatoms. The topological polar surface area (TPSA) is 208 Å². The van der Waals surface area contributed by atoms with Crippen molar-refractivity contribution in [2.45, 2.75) is 164 Å². The molecule has 8 N–H and O–H groups in total. The van der Waals surface area contributed by atoms with Crippen LogP contribution in [0.5, 0.6) is 0 Å². The highest BCUT2D eigenvalue weighted by Crippen LogP contribution is 2.34. The minimum atomic E-state index is -0.552. The van der Waals surface area contributed by atoms with Crippen molar-refractivity contribution >= 4 is 59.2 Å². The van der Waals surface area contributed by atoms with Gasteiger partial charge in [-0.05, 0) is 65.2 Å². The van der Waals surface area contributed by atoms with Crippen LogP contribution >= 0.6 is 23.5 Å². The van der Waals surface area contributed by atoms with E-state index >= 15 is 0 Å². The molecule has 0 aromatic heterocycles. The average Bonchev–Trinajstić information content (AvgIpc) is 3.86. The van der Waals surface area contributed by atoms with Crippen LogP contribution in [0, 0.1) is 0 Å². The number of carbonyl (C=O) groups excluding carboxylic acids is 6. The second kappa shape index (κ2) is 23.1. The van der Waals surface area contributed by atoms with Crippen molar-refractivity contribution < 1.29 is 33.5 Å². The van der Waals surface area contributed by atoms with E-state index in [1.165, 1.54) is 0 Å². The summed E-state index contributed by atoms with van der Waals surface area (Å²) in [6.07, 6.45) is 10.9. The second-order valence-corrected chi connectivity index (χ2v) is 17.2. The lowest BCUT2D eigenvalue weighted by Crippen LogP contribution is -2.42. The fraction of sp³-hybridized carbons (Fsp3) is 0.833. The van der Waals surface area contributed by atoms with E-state index < -0.39 is 12.5 Å². The van der Waals surface area contributed by atoms with E-state index in [1.807, 2.05) is 23.5 Å². The number of nitrogens with one attached hydrogen (secondary N) is 8. The molecule has 8 amide bonds. The lowest BCUT2D eigenvalue weighted by atomic mass is 10.0. The number of urea groups is 2. The molecule has 0 spiro atoms. The van der Waals surface area contributed by atoms with Crippen molar-refractivity contribution in [3.8, 4) is 0 Å². The van der Waals surface area contributed by atoms with Crippen molar-refractivity contribution in [1.82, 2.24) is 42.5 Å². The molecule has 4 rings (SSSR count). The summed E-state index contributed by atoms with van der Waals surface area (Å²) < 4.78 is 5.72. The van der Waals surface area contributed by atoms with E-state index in [0.29, 0.717) is 62.1 Å². The molecular formula is C36H62N8O7S2. The van der Waals surface area contributed by atoms with Crippen molar-refractivity contribution in [3.05, 3.63) is 0 Å². The molecule has 53 heavy (non-hydrogen) atoms. The van der Waals surface area contributed by atoms with E-state index in [9.17, 15) is 28.8 Å². The number of amides is 8. The van der Waals surface area contributed by atoms with Gasteiger partial charge in [0.2, 0.25) is 23.6 Å². The number of fused-ring (bicyclic) bond motifs is 2. The Morgan fingerprint density at radius 3 is 1.42 bits per heavy atom. The predicted molar refractivity (Wildman–Crippen MR) is 207 cm³/mol. The van der Waals surface area contributed by atoms with Crippen molar-refractivity contribution in [2.75, 3.05) is 24.6 Å². The molecule has 0 bridgehead atoms. The summed E-state index contributed by atoms with van der Waals surface area (Å²) in [7, 11) is 0. The lowest BCUT2D eigenvalue weighted by molar-refractivity contribution is -0.131. The first-order valence-electron chi connectivity index (χ1n) is 19.7. The van der Waals surface area contributed by atoms with Gasteiger partial charge in [0, 0.05) is 60.8 Å². The molecule has 4 aliphatic heterocycles. The van der Waals surface area contributed by atoms with Gasteiger partial charge in [0.05, 0.1) is 24.2 Å². The Morgan fingerprint density at radius 2 is 0.981 bits per heavy atom. The number of ether oxygens (including phenoxy) is 1. The first-order chi connectivity index (χ1) is 25.6. The van der Waals surface area contributed by atoms with Crippen molar-refractivity contribution in [2.24, 2.45) is 0 Å². The number of hydrogen-bond donors (Lipinski definition) is 8. The van der Waals surface area contributed by atoms with Gasteiger partial charge in [-0.2, -0.15) is 23.5 Å². The molecule has 2 unspecified atom stereocenters. The smallest absolute Gasteiger partial charge is 0.315 e. The van der Waals surface area contributed by atoms with Crippen LogP contribution in [-0.2, 0) is 23.9 Å². The second-order valence-electron chi connectivity index (χ2n) is 14.6. The molecule has 300 valence electrons. The highest BCUT2D eigenvalue weighted by Gasteiger charge is 2.43. The number of unbranched alkanes of at least 4 members (excludes halogenated alkanes) is 6. The molecule has 15 nitrogen and oxygen atoms in total. The fourth-order valence-corrected chi connectivity index (χ4v) is 10.4. The third-order valence-corrected chi connectivity index (χ3v) is 13.1. The molecular weight excluding hydrogens is 721 g/mol. The SMILES string of the molecule is CC(NC(=O)CCCCCNC(=O)CCCC[C@@H]1SC[C@@H]2NC(=O)N[C@@H]21)OC(C)NC(=O)CCCCCNC(=O)CCCC[C@@H]1SC[C@@H]2NC(=O)N[C@@H]21. The molecule has 4 heterocycles. The van der Waals surface area contributed by atoms with Crippen LogP contribution in [0.1, 0.15) is 117 Å². The lowest BCUT2D eigenvalue weighted by Gasteiger charge is -2.21. The first-order valence-corrected chi connectivity index (χ1v) is 21.8. The van der Waals surface area contributed by atoms with Crippen molar-refractivity contribution in [3.63, 3.8) is 0 Å². The minimum Gasteiger partial charge on any atom is -0.356 e. The minimum absolute atomic E-state index is 0.0552. The van der Waals surface area contributed by atoms with E-state index in [2.05, 4.69) is 42.5 Å². The first kappa shape index (κ1) is 42.8. The number of thioether (sulfide) groups is 2. The van der Waals surface area contributed by atoms with Crippen LogP contribution in [0.25, 0.3) is 0 Å². The van der Waals surface area contributed by atoms with Gasteiger partial charge < -0.3 is 47.3 Å². The average molecular weight is 783 g/mol. The number of carbonyl (C=O) groups is 6. The molecule has 0 saturated carbocycles. The van der Waals surface area contributed by atoms with Crippen LogP contribution in [-0.4, -0.2) is 107 Å². The van der Waals surface area contributed by atoms with Gasteiger partial charge in [0.15, 0.2) is 0 Å². The van der Waals surface area contributed by atoms with Gasteiger partial charge in [0.25, 0.3) is 0 Å². The third kappa shape index (κ3) is 15.8. The summed E-state index contributed by atoms with van der Waals surface area (Å²) in [6.45, 7) is 4.65. The van der Waals surface area contributed by atoms with Crippen LogP contribution in [0.2, 0.25) is 0 Å². The maximum atomic E-state index is 12.3. The summed E-state index contributed by atoms with van der Waals surface area (Å²) in [6, 6.07) is 0.732. The summed E-state index contributed by atoms with van der Waals surface area (Å²) >= 11 is 3.78. The Balaban J connectivity index is 0.884. The van der Waals surface area contributed by atoms with Gasteiger partial charge in [0.1, 0.15) is 12.5 Å². The summed E-state index contributed by atoms with van der Waals surface area (Å²) in [5.74, 6) is 1.76. The van der Waals surface area contributed by atoms with Gasteiger partial charge in [-0.15, -0.1) is 0 Å². The van der Waals surface area contributed by atoms with Gasteiger partial charge >= 0.3 is 12.1 Å². The van der Waals surface area contributed by atoms with Gasteiger partial charge in [-0.1, -0.05) is 25.7 Å². The summed E-state index contributed by atoms with van der Waals surface area (Å²) in [4.78, 5) is 72.0. The van der Waals surface area contributed by atoms with Gasteiger partial charge in [-0.25, -0.2) is 9.59 Å². The fourth-order valence-electron chi connectivity index (χ4n) is 7.33. The molecule has 0 aromatic rings. The predicted octanol–water partition coefficient (Wildman–Crippen LogP) is 2.73. The molecule has 4 aliphatic rings. The maximum absolute atomic E-state index is 12.3. The Kier molecular flexibility index (Phi) is 18.7. The quantitative estimate of drug-likeness (QED) is 0.0368. The third-order valence-electron chi connectivity index (χ3n) is 10.1. The zero-order valence-electron chi connectivity index (χ0n) is 31.4. The zero-order chi connectivity index (χ0) is 38.0. The number of rotatable bonds is 26. The summed E-state index contributed by atoms with van der Waals surface area (Å²) in [5, 5.41) is 24.3. The molecule has 8 atom stereocenters. The zero-order valence-corrected chi connectivity index (χ0v) is 33.1. The van der Waals surface area contributed by atoms with E-state index in [1.54, 1.807) is 13.8 Å². The summed E-state index contributed by atoms with van der Waals surface area (Å²) in [5.41, 5.74) is 0. The Morgan fingerprint density at radius 1 is 0.585 bits per heavy atom. The monoisotopic (exact) mass is 782 g/mol. The standard InChI is InChI=1S/C36H62N8O7S2/c1-23(39-31(47)17-5-3-11-19-37-29(45)15-9-7-13-27-33-25(21-52-27)41-35(49)43-33)51-24(2)40-32(48)18-6-4-12-20-38-30(46)16-10-8-14-28-34-26(22-53-28)42-36(50)44-34/h23-28,33-34H,3-22H2,1-2H3,(H,37,45)(H,38,46)(H,39,47)(H,40,48)(H2,41,43,49)(H2,42,44,50)/t23?,24?,25-,26-,27-,28-,33-,34-/m0/s1. The molecule has 4 fully saturated rings. The van der Waals surface area contributed by atoms with Crippen LogP contribution in [0.4, 0.5) is 9.59 Å². The van der Waals surface area contributed by atoms with E-state index in [-0.39, 0.29) is 59.9 Å². The Hall–Kier alpha value is -2.92. The molecule has 0 radical (unpaired) electrons. The molecule has 4 saturated heterocycles. The Labute approximate surface area is 322 Å². The normalized spacial score (nSPS) is 25.2. The largest absolute Gasteiger partial charge is 0.356 e. The maximum Gasteiger partial charge on any atom is 0.315 e. The van der Waals surface area contributed by atoms with Crippen LogP contribution in [0.15, 0.2) is 0 Å². The Bertz CT molecular complexity index is 1140. The molecule has 0 aliphatic carbocycles. The van der Waals surface area contributed by atoms with Gasteiger partial charge in [-0.3, -0.25) is 19.2 Å². The highest BCUT2D eigenvalue weighted by atomic mass is 32.2. The molecule has 0 aromatic carbocycles. The van der Waals surface area contributed by atoms with Crippen molar-refractivity contribution in [1.29, 1.82) is 0 Å². The van der Waals surface area contributed by atoms with Crippen LogP contribution < -0.4 is 42.5 Å². The highest BCUT2D eigenvalue weighted by molar-refractivity contribution is 8.00. The van der Waals surface area contributed by atoms with E-state index in [0.717, 1.165) is 75.7 Å². The number of hydrogen-bond acceptors (Lipinski definition) is 9. The van der Waals surface area contributed by atoms with Crippen LogP contribution in [0.3, 0.4) is 0 Å².